The molecule has 2 aromatic heterocycles. The van der Waals surface area contributed by atoms with Gasteiger partial charge >= 0.3 is 24.0 Å². The predicted molar refractivity (Wildman–Crippen MR) is 139 cm³/mol. The van der Waals surface area contributed by atoms with Crippen molar-refractivity contribution in [3.05, 3.63) is 24.2 Å². The van der Waals surface area contributed by atoms with E-state index in [1.165, 1.54) is 16.6 Å². The number of anilines is 1. The molecule has 2 aromatic rings. The van der Waals surface area contributed by atoms with Crippen molar-refractivity contribution in [2.45, 2.75) is 69.4 Å². The molecule has 4 N–H and O–H groups in total. The van der Waals surface area contributed by atoms with Gasteiger partial charge in [0, 0.05) is 13.3 Å². The number of aliphatic hydroxyl groups excluding tert-OH is 1. The Morgan fingerprint density at radius 1 is 1.19 bits per heavy atom. The van der Waals surface area contributed by atoms with Crippen LogP contribution in [0.4, 0.5) is 10.6 Å². The molecule has 4 atom stereocenters. The Morgan fingerprint density at radius 3 is 2.64 bits per heavy atom. The van der Waals surface area contributed by atoms with Crippen LogP contribution in [0.3, 0.4) is 0 Å². The third-order valence-electron chi connectivity index (χ3n) is 7.13. The number of hydrogen-bond acceptors (Lipinski definition) is 14. The van der Waals surface area contributed by atoms with Crippen LogP contribution in [-0.4, -0.2) is 82.0 Å². The summed E-state index contributed by atoms with van der Waals surface area (Å²) in [6.07, 6.45) is 0.855. The summed E-state index contributed by atoms with van der Waals surface area (Å²) in [5.41, 5.74) is 3.40. The molecule has 2 aliphatic rings. The lowest BCUT2D eigenvalue weighted by Crippen LogP contribution is -2.43. The molecule has 1 aliphatic carbocycles. The number of nitrogens with zero attached hydrogens (tertiary/aromatic N) is 4. The molecule has 3 heterocycles. The van der Waals surface area contributed by atoms with Crippen molar-refractivity contribution >= 4 is 35.3 Å². The van der Waals surface area contributed by atoms with Crippen LogP contribution in [-0.2, 0) is 43.7 Å². The maximum Gasteiger partial charge on any atom is 0.415 e. The van der Waals surface area contributed by atoms with Crippen molar-refractivity contribution in [2.24, 2.45) is 11.7 Å². The van der Waals surface area contributed by atoms with E-state index in [9.17, 15) is 29.5 Å². The number of aliphatic hydroxyl groups is 1. The first kappa shape index (κ1) is 30.6. The first-order valence-corrected chi connectivity index (χ1v) is 13.4. The smallest absolute Gasteiger partial charge is 0.415 e. The van der Waals surface area contributed by atoms with E-state index in [0.717, 1.165) is 45.4 Å². The van der Waals surface area contributed by atoms with E-state index < -0.39 is 67.9 Å². The SMILES string of the molecule is CC(=O)OCOC(=O)Nc1ncnn2c([C@]3(C#N)O[C@H](COC(=O)CN)[C@@H](OC(=O)CC4CCCCC4)[C@H]3O)ccc12. The topological polar surface area (TPSA) is 227 Å². The fraction of sp³-hybridized carbons (Fsp3) is 0.577. The van der Waals surface area contributed by atoms with Crippen LogP contribution in [0.1, 0.15) is 51.1 Å². The minimum absolute atomic E-state index is 0.0206. The molecular weight excluding hydrogens is 556 g/mol. The van der Waals surface area contributed by atoms with E-state index in [4.69, 9.17) is 24.7 Å². The monoisotopic (exact) mass is 588 g/mol. The third kappa shape index (κ3) is 6.75. The Balaban J connectivity index is 1.59. The molecule has 16 heteroatoms. The second kappa shape index (κ2) is 13.6. The van der Waals surface area contributed by atoms with Gasteiger partial charge in [-0.05, 0) is 30.9 Å². The highest BCUT2D eigenvalue weighted by molar-refractivity contribution is 5.88. The van der Waals surface area contributed by atoms with Crippen LogP contribution >= 0.6 is 0 Å². The van der Waals surface area contributed by atoms with E-state index in [1.54, 1.807) is 0 Å². The molecule has 4 rings (SSSR count). The second-order valence-corrected chi connectivity index (χ2v) is 9.93. The van der Waals surface area contributed by atoms with Crippen molar-refractivity contribution in [1.29, 1.82) is 5.26 Å². The summed E-state index contributed by atoms with van der Waals surface area (Å²) < 4.78 is 27.3. The molecule has 42 heavy (non-hydrogen) atoms. The lowest BCUT2D eigenvalue weighted by atomic mass is 9.87. The number of nitriles is 1. The van der Waals surface area contributed by atoms with Gasteiger partial charge in [0.25, 0.3) is 0 Å². The molecule has 2 fully saturated rings. The van der Waals surface area contributed by atoms with Crippen LogP contribution in [0.5, 0.6) is 0 Å². The Bertz CT molecular complexity index is 1350. The number of nitrogens with two attached hydrogens (primary N) is 1. The van der Waals surface area contributed by atoms with Gasteiger partial charge in [-0.1, -0.05) is 19.3 Å². The van der Waals surface area contributed by atoms with Gasteiger partial charge in [0.2, 0.25) is 12.4 Å². The molecule has 16 nitrogen and oxygen atoms in total. The lowest BCUT2D eigenvalue weighted by Gasteiger charge is -2.25. The highest BCUT2D eigenvalue weighted by atomic mass is 16.7. The zero-order valence-corrected chi connectivity index (χ0v) is 22.9. The number of hydrogen-bond donors (Lipinski definition) is 3. The van der Waals surface area contributed by atoms with Gasteiger partial charge in [-0.15, -0.1) is 0 Å². The van der Waals surface area contributed by atoms with Crippen molar-refractivity contribution in [1.82, 2.24) is 14.6 Å². The van der Waals surface area contributed by atoms with Crippen LogP contribution in [0.2, 0.25) is 0 Å². The van der Waals surface area contributed by atoms with Crippen molar-refractivity contribution < 1.29 is 48.0 Å². The molecule has 0 bridgehead atoms. The first-order chi connectivity index (χ1) is 20.2. The highest BCUT2D eigenvalue weighted by Crippen LogP contribution is 2.42. The quantitative estimate of drug-likeness (QED) is 0.197. The average Bonchev–Trinajstić information content (AvgIpc) is 3.52. The number of aromatic nitrogens is 3. The zero-order chi connectivity index (χ0) is 30.3. The molecular formula is C26H32N6O10. The van der Waals surface area contributed by atoms with E-state index in [2.05, 4.69) is 20.1 Å². The lowest BCUT2D eigenvalue weighted by molar-refractivity contribution is -0.161. The molecule has 0 radical (unpaired) electrons. The molecule has 226 valence electrons. The Kier molecular flexibility index (Phi) is 9.88. The summed E-state index contributed by atoms with van der Waals surface area (Å²) in [4.78, 5) is 51.7. The van der Waals surface area contributed by atoms with E-state index in [-0.39, 0.29) is 29.4 Å². The number of rotatable bonds is 10. The van der Waals surface area contributed by atoms with Crippen molar-refractivity contribution in [3.63, 3.8) is 0 Å². The largest absolute Gasteiger partial charge is 0.462 e. The Labute approximate surface area is 240 Å². The summed E-state index contributed by atoms with van der Waals surface area (Å²) >= 11 is 0. The van der Waals surface area contributed by atoms with Gasteiger partial charge < -0.3 is 34.5 Å². The van der Waals surface area contributed by atoms with E-state index >= 15 is 0 Å². The van der Waals surface area contributed by atoms with Gasteiger partial charge in [0.1, 0.15) is 36.7 Å². The predicted octanol–water partition coefficient (Wildman–Crippen LogP) is 0.661. The fourth-order valence-corrected chi connectivity index (χ4v) is 5.11. The summed E-state index contributed by atoms with van der Waals surface area (Å²) in [5.74, 6) is -1.85. The molecule has 1 saturated heterocycles. The van der Waals surface area contributed by atoms with Crippen LogP contribution in [0.25, 0.3) is 5.52 Å². The van der Waals surface area contributed by atoms with Crippen LogP contribution < -0.4 is 11.1 Å². The number of nitrogens with one attached hydrogen (secondary N) is 1. The highest BCUT2D eigenvalue weighted by Gasteiger charge is 2.60. The Morgan fingerprint density at radius 2 is 1.95 bits per heavy atom. The van der Waals surface area contributed by atoms with Gasteiger partial charge in [-0.25, -0.2) is 14.3 Å². The van der Waals surface area contributed by atoms with E-state index in [0.29, 0.717) is 0 Å². The maximum atomic E-state index is 12.9. The molecule has 1 aliphatic heterocycles. The summed E-state index contributed by atoms with van der Waals surface area (Å²) in [6, 6.07) is 4.84. The minimum Gasteiger partial charge on any atom is -0.462 e. The summed E-state index contributed by atoms with van der Waals surface area (Å²) in [6.45, 7) is -0.332. The van der Waals surface area contributed by atoms with Crippen molar-refractivity contribution in [3.8, 4) is 6.07 Å². The van der Waals surface area contributed by atoms with Gasteiger partial charge in [0.15, 0.2) is 11.9 Å². The van der Waals surface area contributed by atoms with Gasteiger partial charge in [-0.3, -0.25) is 19.7 Å². The third-order valence-corrected chi connectivity index (χ3v) is 7.13. The molecule has 0 aromatic carbocycles. The average molecular weight is 589 g/mol. The number of ether oxygens (including phenoxy) is 5. The van der Waals surface area contributed by atoms with Crippen LogP contribution in [0.15, 0.2) is 18.5 Å². The number of esters is 3. The normalized spacial score (nSPS) is 24.0. The molecule has 1 saturated carbocycles. The number of amides is 1. The molecule has 0 unspecified atom stereocenters. The van der Waals surface area contributed by atoms with Crippen molar-refractivity contribution in [2.75, 3.05) is 25.3 Å². The fourth-order valence-electron chi connectivity index (χ4n) is 5.11. The van der Waals surface area contributed by atoms with E-state index in [1.807, 2.05) is 6.07 Å². The van der Waals surface area contributed by atoms with Gasteiger partial charge in [0.05, 0.1) is 12.2 Å². The first-order valence-electron chi connectivity index (χ1n) is 13.4. The minimum atomic E-state index is -2.14. The number of carbonyl (C=O) groups is 4. The second-order valence-electron chi connectivity index (χ2n) is 9.93. The Hall–Kier alpha value is -4.33. The maximum absolute atomic E-state index is 12.9. The van der Waals surface area contributed by atoms with Crippen LogP contribution in [0, 0.1) is 17.2 Å². The van der Waals surface area contributed by atoms with Gasteiger partial charge in [-0.2, -0.15) is 10.4 Å². The molecule has 0 spiro atoms. The number of carbonyl (C=O) groups excluding carboxylic acids is 4. The summed E-state index contributed by atoms with van der Waals surface area (Å²) in [7, 11) is 0. The number of fused-ring (bicyclic) bond motifs is 1. The zero-order valence-electron chi connectivity index (χ0n) is 22.9. The molecule has 1 amide bonds. The standard InChI is InChI=1S/C26H32N6O10/c1-15(33)39-14-40-25(37)31-24-17-7-8-19(32(17)30-13-29-24)26(12-28)23(36)22(18(42-26)11-38-21(35)10-27)41-20(34)9-16-5-3-2-4-6-16/h7-8,13,16,18,22-23,36H,2-6,9-11,14,27H2,1H3,(H,29,30,31,37)/t18-,22-,23-,26+/m1/s1. The summed E-state index contributed by atoms with van der Waals surface area (Å²) in [5, 5.41) is 28.3.